The summed E-state index contributed by atoms with van der Waals surface area (Å²) in [5, 5.41) is 5.95. The molecule has 1 heterocycles. The zero-order valence-electron chi connectivity index (χ0n) is 15.2. The smallest absolute Gasteiger partial charge is 0.275 e. The van der Waals surface area contributed by atoms with Gasteiger partial charge in [-0.15, -0.1) is 0 Å². The van der Waals surface area contributed by atoms with Crippen molar-refractivity contribution in [2.24, 2.45) is 5.92 Å². The van der Waals surface area contributed by atoms with Gasteiger partial charge in [-0.25, -0.2) is 0 Å². The first-order valence-electron chi connectivity index (χ1n) is 8.86. The average molecular weight is 332 g/mol. The number of hydrogen-bond donors (Lipinski definition) is 3. The molecule has 1 fully saturated rings. The summed E-state index contributed by atoms with van der Waals surface area (Å²) in [7, 11) is 0. The highest BCUT2D eigenvalue weighted by molar-refractivity contribution is 5.79. The second kappa shape index (κ2) is 8.29. The zero-order valence-corrected chi connectivity index (χ0v) is 15.2. The Morgan fingerprint density at radius 3 is 2.33 bits per heavy atom. The first-order chi connectivity index (χ1) is 11.4. The molecule has 1 aliphatic heterocycles. The van der Waals surface area contributed by atoms with E-state index in [9.17, 15) is 9.59 Å². The molecule has 24 heavy (non-hydrogen) atoms. The maximum Gasteiger partial charge on any atom is 0.275 e. The molecule has 0 spiro atoms. The predicted molar refractivity (Wildman–Crippen MR) is 94.8 cm³/mol. The number of hydrogen-bond acceptors (Lipinski definition) is 2. The Morgan fingerprint density at radius 2 is 1.79 bits per heavy atom. The van der Waals surface area contributed by atoms with Gasteiger partial charge in [0.15, 0.2) is 13.1 Å². The molecule has 5 nitrogen and oxygen atoms in total. The molecule has 0 radical (unpaired) electrons. The third-order valence-electron chi connectivity index (χ3n) is 4.57. The molecule has 2 rings (SSSR count). The lowest BCUT2D eigenvalue weighted by molar-refractivity contribution is -0.885. The van der Waals surface area contributed by atoms with Gasteiger partial charge in [0.25, 0.3) is 11.8 Å². The van der Waals surface area contributed by atoms with E-state index in [4.69, 9.17) is 0 Å². The molecular formula is C19H30N3O2+. The molecule has 2 amide bonds. The maximum absolute atomic E-state index is 12.4. The molecular weight excluding hydrogens is 302 g/mol. The molecule has 0 saturated carbocycles. The van der Waals surface area contributed by atoms with Crippen LogP contribution in [0.5, 0.6) is 0 Å². The van der Waals surface area contributed by atoms with E-state index < -0.39 is 0 Å². The Balaban J connectivity index is 1.99. The van der Waals surface area contributed by atoms with Crippen molar-refractivity contribution in [3.8, 4) is 0 Å². The van der Waals surface area contributed by atoms with Crippen LogP contribution in [0.15, 0.2) is 24.3 Å². The van der Waals surface area contributed by atoms with Gasteiger partial charge in [0, 0.05) is 0 Å². The molecule has 1 aromatic carbocycles. The van der Waals surface area contributed by atoms with Gasteiger partial charge >= 0.3 is 0 Å². The largest absolute Gasteiger partial charge is 0.346 e. The predicted octanol–water partition coefficient (Wildman–Crippen LogP) is 0.638. The molecule has 3 N–H and O–H groups in total. The Labute approximate surface area is 144 Å². The highest BCUT2D eigenvalue weighted by atomic mass is 16.2. The molecule has 132 valence electrons. The van der Waals surface area contributed by atoms with Crippen LogP contribution in [0.1, 0.15) is 50.8 Å². The van der Waals surface area contributed by atoms with Crippen LogP contribution < -0.4 is 15.5 Å². The van der Waals surface area contributed by atoms with Crippen molar-refractivity contribution in [1.29, 1.82) is 0 Å². The summed E-state index contributed by atoms with van der Waals surface area (Å²) in [6, 6.07) is 8.50. The van der Waals surface area contributed by atoms with E-state index in [1.165, 1.54) is 5.56 Å². The van der Waals surface area contributed by atoms with Crippen LogP contribution in [0.3, 0.4) is 0 Å². The van der Waals surface area contributed by atoms with Gasteiger partial charge in [-0.05, 0) is 23.0 Å². The monoisotopic (exact) mass is 332 g/mol. The van der Waals surface area contributed by atoms with E-state index in [0.717, 1.165) is 17.0 Å². The highest BCUT2D eigenvalue weighted by Crippen LogP contribution is 2.23. The molecule has 0 aromatic heterocycles. The van der Waals surface area contributed by atoms with Crippen LogP contribution in [0.4, 0.5) is 0 Å². The summed E-state index contributed by atoms with van der Waals surface area (Å²) in [5.74, 6) is 0.832. The van der Waals surface area contributed by atoms with Gasteiger partial charge in [-0.2, -0.15) is 0 Å². The van der Waals surface area contributed by atoms with E-state index in [1.54, 1.807) is 0 Å². The Bertz CT molecular complexity index is 566. The molecule has 5 heteroatoms. The van der Waals surface area contributed by atoms with E-state index >= 15 is 0 Å². The molecule has 1 aromatic rings. The van der Waals surface area contributed by atoms with Gasteiger partial charge < -0.3 is 15.5 Å². The molecule has 1 unspecified atom stereocenters. The highest BCUT2D eigenvalue weighted by Gasteiger charge is 2.25. The summed E-state index contributed by atoms with van der Waals surface area (Å²) >= 11 is 0. The summed E-state index contributed by atoms with van der Waals surface area (Å²) in [5.41, 5.74) is 2.44. The fourth-order valence-corrected chi connectivity index (χ4v) is 3.08. The average Bonchev–Trinajstić information content (AvgIpc) is 2.52. The van der Waals surface area contributed by atoms with Crippen molar-refractivity contribution >= 4 is 11.8 Å². The third-order valence-corrected chi connectivity index (χ3v) is 4.57. The SMILES string of the molecule is CC(C)c1ccc([C@@H](NC(=O)C[NH+]2CCNC(=O)C2)C(C)C)cc1. The van der Waals surface area contributed by atoms with Gasteiger partial charge in [0.2, 0.25) is 0 Å². The molecule has 0 aliphatic carbocycles. The molecule has 1 saturated heterocycles. The number of quaternary nitrogens is 1. The first-order valence-corrected chi connectivity index (χ1v) is 8.86. The van der Waals surface area contributed by atoms with Crippen molar-refractivity contribution in [3.05, 3.63) is 35.4 Å². The number of carbonyl (C=O) groups excluding carboxylic acids is 2. The number of piperazine rings is 1. The second-order valence-electron chi connectivity index (χ2n) is 7.31. The summed E-state index contributed by atoms with van der Waals surface area (Å²) in [6.07, 6.45) is 0. The summed E-state index contributed by atoms with van der Waals surface area (Å²) in [4.78, 5) is 24.9. The van der Waals surface area contributed by atoms with Crippen molar-refractivity contribution in [3.63, 3.8) is 0 Å². The van der Waals surface area contributed by atoms with Crippen LogP contribution >= 0.6 is 0 Å². The molecule has 1 aliphatic rings. The molecule has 2 atom stereocenters. The number of amides is 2. The van der Waals surface area contributed by atoms with Gasteiger partial charge in [-0.1, -0.05) is 52.0 Å². The van der Waals surface area contributed by atoms with Crippen LogP contribution in [0.2, 0.25) is 0 Å². The second-order valence-corrected chi connectivity index (χ2v) is 7.31. The normalized spacial score (nSPS) is 19.2. The standard InChI is InChI=1S/C19H29N3O2/c1-13(2)15-5-7-16(8-6-15)19(14(3)4)21-18(24)12-22-10-9-20-17(23)11-22/h5-8,13-14,19H,9-12H2,1-4H3,(H,20,23)(H,21,24)/p+1/t19-/m0/s1. The van der Waals surface area contributed by atoms with Crippen LogP contribution in [0, 0.1) is 5.92 Å². The van der Waals surface area contributed by atoms with Crippen molar-refractivity contribution in [2.45, 2.75) is 39.7 Å². The van der Waals surface area contributed by atoms with Crippen LogP contribution in [-0.2, 0) is 9.59 Å². The minimum Gasteiger partial charge on any atom is -0.346 e. The third kappa shape index (κ3) is 5.06. The van der Waals surface area contributed by atoms with Crippen LogP contribution in [0.25, 0.3) is 0 Å². The topological polar surface area (TPSA) is 62.6 Å². The summed E-state index contributed by atoms with van der Waals surface area (Å²) in [6.45, 7) is 10.7. The van der Waals surface area contributed by atoms with Gasteiger partial charge in [0.1, 0.15) is 0 Å². The van der Waals surface area contributed by atoms with Gasteiger partial charge in [0.05, 0.1) is 19.1 Å². The molecule has 0 bridgehead atoms. The van der Waals surface area contributed by atoms with Crippen LogP contribution in [-0.4, -0.2) is 38.0 Å². The minimum atomic E-state index is -0.00303. The fraction of sp³-hybridized carbons (Fsp3) is 0.579. The number of benzene rings is 1. The summed E-state index contributed by atoms with van der Waals surface area (Å²) < 4.78 is 0. The zero-order chi connectivity index (χ0) is 17.7. The van der Waals surface area contributed by atoms with Crippen molar-refractivity contribution in [1.82, 2.24) is 10.6 Å². The Hall–Kier alpha value is -1.88. The fourth-order valence-electron chi connectivity index (χ4n) is 3.08. The quantitative estimate of drug-likeness (QED) is 0.716. The maximum atomic E-state index is 12.4. The minimum absolute atomic E-state index is 0.00303. The number of nitrogens with one attached hydrogen (secondary N) is 3. The van der Waals surface area contributed by atoms with Gasteiger partial charge in [-0.3, -0.25) is 9.59 Å². The van der Waals surface area contributed by atoms with E-state index in [2.05, 4.69) is 62.6 Å². The number of carbonyl (C=O) groups is 2. The van der Waals surface area contributed by atoms with E-state index in [0.29, 0.717) is 31.5 Å². The lowest BCUT2D eigenvalue weighted by Gasteiger charge is -2.26. The van der Waals surface area contributed by atoms with E-state index in [1.807, 2.05) is 0 Å². The first kappa shape index (κ1) is 18.5. The van der Waals surface area contributed by atoms with Crippen molar-refractivity contribution < 1.29 is 14.5 Å². The van der Waals surface area contributed by atoms with E-state index in [-0.39, 0.29) is 17.9 Å². The Morgan fingerprint density at radius 1 is 1.17 bits per heavy atom. The van der Waals surface area contributed by atoms with Crippen molar-refractivity contribution in [2.75, 3.05) is 26.2 Å². The lowest BCUT2D eigenvalue weighted by atomic mass is 9.93. The number of rotatable bonds is 6. The lowest BCUT2D eigenvalue weighted by Crippen LogP contribution is -3.16. The Kier molecular flexibility index (Phi) is 6.37.